The molecule has 2 saturated heterocycles. The molecule has 4 rings (SSSR count). The summed E-state index contributed by atoms with van der Waals surface area (Å²) in [5.41, 5.74) is 2.70. The summed E-state index contributed by atoms with van der Waals surface area (Å²) < 4.78 is 17.7. The van der Waals surface area contributed by atoms with Gasteiger partial charge in [-0.15, -0.1) is 0 Å². The van der Waals surface area contributed by atoms with E-state index in [4.69, 9.17) is 14.2 Å². The summed E-state index contributed by atoms with van der Waals surface area (Å²) in [6, 6.07) is 21.0. The molecule has 26 heavy (non-hydrogen) atoms. The average molecular weight is 353 g/mol. The van der Waals surface area contributed by atoms with Crippen LogP contribution in [-0.2, 0) is 27.4 Å². The molecule has 0 radical (unpaired) electrons. The van der Waals surface area contributed by atoms with E-state index in [2.05, 4.69) is 47.4 Å². The Morgan fingerprint density at radius 3 is 2.27 bits per heavy atom. The van der Waals surface area contributed by atoms with Crippen molar-refractivity contribution in [2.24, 2.45) is 5.41 Å². The lowest BCUT2D eigenvalue weighted by atomic mass is 9.86. The Morgan fingerprint density at radius 2 is 1.62 bits per heavy atom. The highest BCUT2D eigenvalue weighted by Crippen LogP contribution is 2.32. The van der Waals surface area contributed by atoms with E-state index in [9.17, 15) is 0 Å². The van der Waals surface area contributed by atoms with E-state index in [1.807, 2.05) is 18.2 Å². The monoisotopic (exact) mass is 353 g/mol. The molecular weight excluding hydrogens is 326 g/mol. The number of hydrogen-bond acceptors (Lipinski definition) is 4. The predicted octanol–water partition coefficient (Wildman–Crippen LogP) is 3.12. The lowest BCUT2D eigenvalue weighted by Gasteiger charge is -2.42. The maximum atomic E-state index is 6.22. The predicted molar refractivity (Wildman–Crippen MR) is 101 cm³/mol. The van der Waals surface area contributed by atoms with E-state index < -0.39 is 0 Å². The quantitative estimate of drug-likeness (QED) is 0.798. The third-order valence-corrected chi connectivity index (χ3v) is 5.13. The number of hydrogen-bond donors (Lipinski definition) is 0. The highest BCUT2D eigenvalue weighted by atomic mass is 16.5. The van der Waals surface area contributed by atoms with Crippen LogP contribution in [0.15, 0.2) is 60.7 Å². The summed E-state index contributed by atoms with van der Waals surface area (Å²) in [4.78, 5) is 2.50. The molecule has 4 heteroatoms. The molecule has 0 amide bonds. The molecule has 2 aliphatic heterocycles. The smallest absolute Gasteiger partial charge is 0.0935 e. The fourth-order valence-corrected chi connectivity index (χ4v) is 3.73. The number of benzene rings is 2. The van der Waals surface area contributed by atoms with Gasteiger partial charge in [0.25, 0.3) is 0 Å². The second-order valence-electron chi connectivity index (χ2n) is 7.58. The molecular formula is C22H27NO3. The van der Waals surface area contributed by atoms with Gasteiger partial charge in [-0.3, -0.25) is 4.90 Å². The summed E-state index contributed by atoms with van der Waals surface area (Å²) >= 11 is 0. The van der Waals surface area contributed by atoms with E-state index in [0.717, 1.165) is 39.5 Å². The Labute approximate surface area is 155 Å². The summed E-state index contributed by atoms with van der Waals surface area (Å²) in [7, 11) is 0. The van der Waals surface area contributed by atoms with Gasteiger partial charge in [-0.1, -0.05) is 60.7 Å². The molecule has 0 saturated carbocycles. The number of rotatable bonds is 6. The summed E-state index contributed by atoms with van der Waals surface area (Å²) in [5, 5.41) is 0. The topological polar surface area (TPSA) is 30.9 Å². The van der Waals surface area contributed by atoms with Crippen molar-refractivity contribution in [3.8, 4) is 0 Å². The Balaban J connectivity index is 1.35. The average Bonchev–Trinajstić information content (AvgIpc) is 2.83. The maximum absolute atomic E-state index is 6.22. The van der Waals surface area contributed by atoms with Gasteiger partial charge < -0.3 is 14.2 Å². The zero-order valence-electron chi connectivity index (χ0n) is 15.2. The van der Waals surface area contributed by atoms with E-state index in [-0.39, 0.29) is 11.5 Å². The molecule has 1 unspecified atom stereocenters. The van der Waals surface area contributed by atoms with Crippen molar-refractivity contribution < 1.29 is 14.2 Å². The summed E-state index contributed by atoms with van der Waals surface area (Å²) in [6.45, 7) is 6.48. The summed E-state index contributed by atoms with van der Waals surface area (Å²) in [5.74, 6) is 0. The van der Waals surface area contributed by atoms with Crippen LogP contribution in [0.3, 0.4) is 0 Å². The third kappa shape index (κ3) is 4.51. The Hall–Kier alpha value is -1.72. The molecule has 0 N–H and O–H groups in total. The van der Waals surface area contributed by atoms with Crippen molar-refractivity contribution in [1.82, 2.24) is 4.90 Å². The van der Waals surface area contributed by atoms with Crippen LogP contribution in [0.2, 0.25) is 0 Å². The van der Waals surface area contributed by atoms with Crippen LogP contribution in [0.1, 0.15) is 11.1 Å². The molecule has 0 bridgehead atoms. The lowest BCUT2D eigenvalue weighted by molar-refractivity contribution is -0.154. The van der Waals surface area contributed by atoms with Gasteiger partial charge >= 0.3 is 0 Å². The fraction of sp³-hybridized carbons (Fsp3) is 0.455. The molecule has 2 aliphatic rings. The van der Waals surface area contributed by atoms with E-state index in [1.54, 1.807) is 0 Å². The van der Waals surface area contributed by atoms with Crippen molar-refractivity contribution in [2.75, 3.05) is 39.5 Å². The van der Waals surface area contributed by atoms with Crippen LogP contribution in [0, 0.1) is 5.41 Å². The minimum atomic E-state index is 0.0994. The van der Waals surface area contributed by atoms with Gasteiger partial charge in [0.2, 0.25) is 0 Å². The first kappa shape index (κ1) is 17.7. The van der Waals surface area contributed by atoms with E-state index in [1.165, 1.54) is 11.1 Å². The number of nitrogens with zero attached hydrogens (tertiary/aromatic N) is 1. The van der Waals surface area contributed by atoms with Gasteiger partial charge in [-0.2, -0.15) is 0 Å². The molecule has 138 valence electrons. The van der Waals surface area contributed by atoms with Crippen LogP contribution < -0.4 is 0 Å². The summed E-state index contributed by atoms with van der Waals surface area (Å²) in [6.07, 6.45) is 0.0994. The molecule has 4 nitrogen and oxygen atoms in total. The SMILES string of the molecule is c1ccc(COCC2CN(Cc3ccccc3)CC3(COC3)CO2)cc1. The van der Waals surface area contributed by atoms with Crippen molar-refractivity contribution in [2.45, 2.75) is 19.3 Å². The van der Waals surface area contributed by atoms with Crippen LogP contribution in [0.4, 0.5) is 0 Å². The molecule has 0 aromatic heterocycles. The minimum absolute atomic E-state index is 0.0994. The molecule has 2 heterocycles. The van der Waals surface area contributed by atoms with Gasteiger partial charge in [0.05, 0.1) is 44.6 Å². The Bertz CT molecular complexity index is 672. The zero-order chi connectivity index (χ0) is 17.7. The molecule has 2 fully saturated rings. The maximum Gasteiger partial charge on any atom is 0.0935 e. The van der Waals surface area contributed by atoms with Crippen molar-refractivity contribution >= 4 is 0 Å². The van der Waals surface area contributed by atoms with Crippen molar-refractivity contribution in [1.29, 1.82) is 0 Å². The highest BCUT2D eigenvalue weighted by Gasteiger charge is 2.43. The minimum Gasteiger partial charge on any atom is -0.380 e. The van der Waals surface area contributed by atoms with Gasteiger partial charge in [0.15, 0.2) is 0 Å². The van der Waals surface area contributed by atoms with Gasteiger partial charge in [0, 0.05) is 19.6 Å². The first-order valence-corrected chi connectivity index (χ1v) is 9.39. The second-order valence-corrected chi connectivity index (χ2v) is 7.58. The van der Waals surface area contributed by atoms with Gasteiger partial charge in [-0.05, 0) is 11.1 Å². The van der Waals surface area contributed by atoms with E-state index >= 15 is 0 Å². The lowest BCUT2D eigenvalue weighted by Crippen LogP contribution is -2.52. The normalized spacial score (nSPS) is 22.7. The van der Waals surface area contributed by atoms with E-state index in [0.29, 0.717) is 13.2 Å². The van der Waals surface area contributed by atoms with Crippen LogP contribution in [-0.4, -0.2) is 50.5 Å². The van der Waals surface area contributed by atoms with Crippen LogP contribution in [0.5, 0.6) is 0 Å². The number of ether oxygens (including phenoxy) is 3. The molecule has 0 aliphatic carbocycles. The Morgan fingerprint density at radius 1 is 0.923 bits per heavy atom. The third-order valence-electron chi connectivity index (χ3n) is 5.13. The van der Waals surface area contributed by atoms with Crippen molar-refractivity contribution in [3.05, 3.63) is 71.8 Å². The van der Waals surface area contributed by atoms with Crippen LogP contribution >= 0.6 is 0 Å². The zero-order valence-corrected chi connectivity index (χ0v) is 15.2. The second kappa shape index (κ2) is 8.31. The van der Waals surface area contributed by atoms with Gasteiger partial charge in [-0.25, -0.2) is 0 Å². The molecule has 2 aromatic carbocycles. The van der Waals surface area contributed by atoms with Gasteiger partial charge in [0.1, 0.15) is 0 Å². The standard InChI is InChI=1S/C22H27NO3/c1-3-7-19(8-4-1)11-23-12-21(26-18-22(15-23)16-25-17-22)14-24-13-20-9-5-2-6-10-20/h1-10,21H,11-18H2. The van der Waals surface area contributed by atoms with Crippen LogP contribution in [0.25, 0.3) is 0 Å². The van der Waals surface area contributed by atoms with Crippen molar-refractivity contribution in [3.63, 3.8) is 0 Å². The fourth-order valence-electron chi connectivity index (χ4n) is 3.73. The first-order valence-electron chi connectivity index (χ1n) is 9.39. The highest BCUT2D eigenvalue weighted by molar-refractivity contribution is 5.15. The molecule has 1 atom stereocenters. The first-order chi connectivity index (χ1) is 12.8. The molecule has 1 spiro atoms. The largest absolute Gasteiger partial charge is 0.380 e. The Kier molecular flexibility index (Phi) is 5.65. The molecule has 2 aromatic rings.